The van der Waals surface area contributed by atoms with Crippen molar-refractivity contribution in [1.82, 2.24) is 0 Å². The van der Waals surface area contributed by atoms with Crippen LogP contribution in [-0.2, 0) is 0 Å². The predicted octanol–water partition coefficient (Wildman–Crippen LogP) is 5.40. The molecule has 0 atom stereocenters. The number of benzene rings is 2. The van der Waals surface area contributed by atoms with E-state index in [0.29, 0.717) is 21.2 Å². The van der Waals surface area contributed by atoms with Gasteiger partial charge in [0.1, 0.15) is 5.82 Å². The largest absolute Gasteiger partial charge is 0.206 e. The lowest BCUT2D eigenvalue weighted by Crippen LogP contribution is -1.89. The fraction of sp³-hybridized carbons (Fsp3) is 0. The Kier molecular flexibility index (Phi) is 3.72. The van der Waals surface area contributed by atoms with E-state index in [1.807, 2.05) is 6.07 Å². The molecule has 0 aliphatic carbocycles. The summed E-state index contributed by atoms with van der Waals surface area (Å²) in [5.74, 6) is -0.295. The number of halogens is 4. The van der Waals surface area contributed by atoms with Crippen LogP contribution in [0, 0.1) is 9.39 Å². The molecule has 2 rings (SSSR count). The zero-order valence-corrected chi connectivity index (χ0v) is 11.6. The van der Waals surface area contributed by atoms with Gasteiger partial charge in [-0.05, 0) is 52.9 Å². The first-order chi connectivity index (χ1) is 7.59. The van der Waals surface area contributed by atoms with Gasteiger partial charge in [0, 0.05) is 24.7 Å². The quantitative estimate of drug-likeness (QED) is 0.592. The van der Waals surface area contributed by atoms with E-state index < -0.39 is 0 Å². The van der Waals surface area contributed by atoms with Gasteiger partial charge in [0.2, 0.25) is 0 Å². The van der Waals surface area contributed by atoms with Crippen molar-refractivity contribution >= 4 is 45.8 Å². The molecule has 0 fully saturated rings. The summed E-state index contributed by atoms with van der Waals surface area (Å²) >= 11 is 14.0. The minimum atomic E-state index is -0.295. The van der Waals surface area contributed by atoms with Gasteiger partial charge in [0.15, 0.2) is 0 Å². The maximum Gasteiger partial charge on any atom is 0.132 e. The van der Waals surface area contributed by atoms with Crippen molar-refractivity contribution in [3.63, 3.8) is 0 Å². The molecule has 0 saturated heterocycles. The zero-order valence-electron chi connectivity index (χ0n) is 7.98. The first-order valence-corrected chi connectivity index (χ1v) is 6.32. The van der Waals surface area contributed by atoms with Crippen LogP contribution in [0.4, 0.5) is 4.39 Å². The van der Waals surface area contributed by atoms with Crippen LogP contribution in [0.1, 0.15) is 0 Å². The van der Waals surface area contributed by atoms with E-state index in [1.54, 1.807) is 24.3 Å². The van der Waals surface area contributed by atoms with E-state index in [0.717, 1.165) is 3.57 Å². The summed E-state index contributed by atoms with van der Waals surface area (Å²) < 4.78 is 14.5. The van der Waals surface area contributed by atoms with Crippen LogP contribution in [0.2, 0.25) is 10.0 Å². The summed E-state index contributed by atoms with van der Waals surface area (Å²) in [6.07, 6.45) is 0. The first-order valence-electron chi connectivity index (χ1n) is 4.49. The van der Waals surface area contributed by atoms with Crippen molar-refractivity contribution in [2.75, 3.05) is 0 Å². The first kappa shape index (κ1) is 12.1. The van der Waals surface area contributed by atoms with E-state index >= 15 is 0 Å². The molecule has 82 valence electrons. The SMILES string of the molecule is Fc1cccc(I)c1-c1cc(Cl)ccc1Cl. The highest BCUT2D eigenvalue weighted by Gasteiger charge is 2.12. The molecule has 2 aromatic rings. The van der Waals surface area contributed by atoms with Crippen molar-refractivity contribution in [1.29, 1.82) is 0 Å². The van der Waals surface area contributed by atoms with E-state index in [9.17, 15) is 4.39 Å². The Bertz CT molecular complexity index is 520. The van der Waals surface area contributed by atoms with E-state index in [2.05, 4.69) is 22.6 Å². The Labute approximate surface area is 117 Å². The Balaban J connectivity index is 2.72. The van der Waals surface area contributed by atoms with Gasteiger partial charge in [-0.1, -0.05) is 29.3 Å². The number of rotatable bonds is 1. The summed E-state index contributed by atoms with van der Waals surface area (Å²) in [6.45, 7) is 0. The number of hydrogen-bond donors (Lipinski definition) is 0. The van der Waals surface area contributed by atoms with Gasteiger partial charge in [-0.3, -0.25) is 0 Å². The molecule has 0 heterocycles. The second-order valence-electron chi connectivity index (χ2n) is 3.22. The van der Waals surface area contributed by atoms with Crippen LogP contribution < -0.4 is 0 Å². The normalized spacial score (nSPS) is 10.5. The van der Waals surface area contributed by atoms with Crippen LogP contribution in [0.25, 0.3) is 11.1 Å². The third-order valence-corrected chi connectivity index (χ3v) is 3.62. The molecule has 4 heteroatoms. The minimum absolute atomic E-state index is 0.295. The third-order valence-electron chi connectivity index (χ3n) is 2.16. The standard InChI is InChI=1S/C12H6Cl2FI/c13-7-4-5-9(14)8(6-7)12-10(15)2-1-3-11(12)16/h1-6H. The van der Waals surface area contributed by atoms with Crippen molar-refractivity contribution in [2.24, 2.45) is 0 Å². The Morgan fingerprint density at radius 2 is 1.81 bits per heavy atom. The van der Waals surface area contributed by atoms with Gasteiger partial charge in [-0.2, -0.15) is 0 Å². The van der Waals surface area contributed by atoms with Crippen LogP contribution >= 0.6 is 45.8 Å². The summed E-state index contributed by atoms with van der Waals surface area (Å²) in [5, 5.41) is 1.03. The van der Waals surface area contributed by atoms with Crippen LogP contribution in [0.5, 0.6) is 0 Å². The monoisotopic (exact) mass is 366 g/mol. The van der Waals surface area contributed by atoms with Gasteiger partial charge in [0.05, 0.1) is 0 Å². The Hall–Kier alpha value is -0.320. The lowest BCUT2D eigenvalue weighted by Gasteiger charge is -2.08. The summed E-state index contributed by atoms with van der Waals surface area (Å²) in [4.78, 5) is 0. The molecule has 0 bridgehead atoms. The van der Waals surface area contributed by atoms with Crippen molar-refractivity contribution < 1.29 is 4.39 Å². The highest BCUT2D eigenvalue weighted by atomic mass is 127. The topological polar surface area (TPSA) is 0 Å². The van der Waals surface area contributed by atoms with Gasteiger partial charge < -0.3 is 0 Å². The molecule has 2 aromatic carbocycles. The van der Waals surface area contributed by atoms with E-state index in [4.69, 9.17) is 23.2 Å². The summed E-state index contributed by atoms with van der Waals surface area (Å²) in [7, 11) is 0. The van der Waals surface area contributed by atoms with Crippen LogP contribution in [-0.4, -0.2) is 0 Å². The predicted molar refractivity (Wildman–Crippen MR) is 74.6 cm³/mol. The lowest BCUT2D eigenvalue weighted by atomic mass is 10.1. The zero-order chi connectivity index (χ0) is 11.7. The van der Waals surface area contributed by atoms with E-state index in [-0.39, 0.29) is 5.82 Å². The average Bonchev–Trinajstić information content (AvgIpc) is 2.23. The highest BCUT2D eigenvalue weighted by molar-refractivity contribution is 14.1. The summed E-state index contributed by atoms with van der Waals surface area (Å²) in [5.41, 5.74) is 1.12. The van der Waals surface area contributed by atoms with E-state index in [1.165, 1.54) is 6.07 Å². The molecule has 0 aliphatic heterocycles. The lowest BCUT2D eigenvalue weighted by molar-refractivity contribution is 0.630. The maximum absolute atomic E-state index is 13.7. The molecule has 0 nitrogen and oxygen atoms in total. The van der Waals surface area contributed by atoms with Gasteiger partial charge in [0.25, 0.3) is 0 Å². The third kappa shape index (κ3) is 2.34. The van der Waals surface area contributed by atoms with Crippen LogP contribution in [0.15, 0.2) is 36.4 Å². The second kappa shape index (κ2) is 4.90. The molecule has 0 spiro atoms. The molecule has 0 saturated carbocycles. The minimum Gasteiger partial charge on any atom is -0.206 e. The molecular formula is C12H6Cl2FI. The molecule has 0 N–H and O–H groups in total. The molecule has 16 heavy (non-hydrogen) atoms. The second-order valence-corrected chi connectivity index (χ2v) is 5.23. The highest BCUT2D eigenvalue weighted by Crippen LogP contribution is 2.35. The van der Waals surface area contributed by atoms with Gasteiger partial charge in [-0.15, -0.1) is 0 Å². The van der Waals surface area contributed by atoms with Crippen molar-refractivity contribution in [2.45, 2.75) is 0 Å². The maximum atomic E-state index is 13.7. The summed E-state index contributed by atoms with van der Waals surface area (Å²) in [6, 6.07) is 9.93. The van der Waals surface area contributed by atoms with Gasteiger partial charge in [-0.25, -0.2) is 4.39 Å². The molecular weight excluding hydrogens is 361 g/mol. The Morgan fingerprint density at radius 1 is 1.06 bits per heavy atom. The molecule has 0 aliphatic rings. The molecule has 0 radical (unpaired) electrons. The van der Waals surface area contributed by atoms with Crippen LogP contribution in [0.3, 0.4) is 0 Å². The molecule has 0 unspecified atom stereocenters. The smallest absolute Gasteiger partial charge is 0.132 e. The fourth-order valence-electron chi connectivity index (χ4n) is 1.44. The fourth-order valence-corrected chi connectivity index (χ4v) is 2.58. The van der Waals surface area contributed by atoms with Crippen molar-refractivity contribution in [3.05, 3.63) is 55.8 Å². The molecule has 0 aromatic heterocycles. The number of hydrogen-bond acceptors (Lipinski definition) is 0. The molecule has 0 amide bonds. The Morgan fingerprint density at radius 3 is 2.50 bits per heavy atom. The van der Waals surface area contributed by atoms with Crippen molar-refractivity contribution in [3.8, 4) is 11.1 Å². The average molecular weight is 367 g/mol. The van der Waals surface area contributed by atoms with Gasteiger partial charge >= 0.3 is 0 Å².